The highest BCUT2D eigenvalue weighted by Gasteiger charge is 2.35. The summed E-state index contributed by atoms with van der Waals surface area (Å²) in [6.45, 7) is 2.24. The molecule has 6 nitrogen and oxygen atoms in total. The van der Waals surface area contributed by atoms with Crippen molar-refractivity contribution in [1.29, 1.82) is 0 Å². The van der Waals surface area contributed by atoms with E-state index in [4.69, 9.17) is 32.7 Å². The molecule has 178 valence electrons. The number of hydrogen-bond donors (Lipinski definition) is 0. The monoisotopic (exact) mass is 527 g/mol. The van der Waals surface area contributed by atoms with Gasteiger partial charge in [0, 0.05) is 15.6 Å². The number of aryl methyl sites for hydroxylation is 1. The van der Waals surface area contributed by atoms with E-state index in [1.165, 1.54) is 12.1 Å². The second-order valence-electron chi connectivity index (χ2n) is 7.57. The highest BCUT2D eigenvalue weighted by Crippen LogP contribution is 2.35. The zero-order valence-corrected chi connectivity index (χ0v) is 20.8. The lowest BCUT2D eigenvalue weighted by atomic mass is 10.1. The molecule has 4 rings (SSSR count). The van der Waals surface area contributed by atoms with Gasteiger partial charge in [-0.15, -0.1) is 0 Å². The van der Waals surface area contributed by atoms with Crippen molar-refractivity contribution in [3.63, 3.8) is 0 Å². The van der Waals surface area contributed by atoms with Crippen LogP contribution in [0.25, 0.3) is 6.08 Å². The molecule has 0 atom stereocenters. The van der Waals surface area contributed by atoms with E-state index in [0.29, 0.717) is 26.9 Å². The minimum Gasteiger partial charge on any atom is -0.492 e. The Kier molecular flexibility index (Phi) is 7.80. The fourth-order valence-corrected chi connectivity index (χ4v) is 4.36. The van der Waals surface area contributed by atoms with E-state index in [1.807, 2.05) is 31.2 Å². The fraction of sp³-hybridized carbons (Fsp3) is 0.115. The molecule has 0 saturated carbocycles. The molecular formula is C26H19Cl2NO5S. The number of carbonyl (C=O) groups is 3. The van der Waals surface area contributed by atoms with Crippen LogP contribution in [0.2, 0.25) is 10.0 Å². The number of halogens is 2. The third-order valence-corrected chi connectivity index (χ3v) is 6.41. The van der Waals surface area contributed by atoms with Crippen molar-refractivity contribution in [2.24, 2.45) is 0 Å². The second-order valence-corrected chi connectivity index (χ2v) is 9.44. The zero-order valence-electron chi connectivity index (χ0n) is 18.5. The maximum absolute atomic E-state index is 12.9. The molecule has 1 fully saturated rings. The van der Waals surface area contributed by atoms with Crippen LogP contribution < -0.4 is 9.47 Å². The van der Waals surface area contributed by atoms with Crippen molar-refractivity contribution in [2.45, 2.75) is 6.92 Å². The van der Waals surface area contributed by atoms with E-state index in [-0.39, 0.29) is 23.8 Å². The van der Waals surface area contributed by atoms with Gasteiger partial charge in [-0.1, -0.05) is 40.9 Å². The van der Waals surface area contributed by atoms with Crippen LogP contribution >= 0.6 is 35.0 Å². The van der Waals surface area contributed by atoms with E-state index in [1.54, 1.807) is 36.4 Å². The number of esters is 1. The number of thioether (sulfide) groups is 1. The lowest BCUT2D eigenvalue weighted by Crippen LogP contribution is -2.32. The number of hydrogen-bond acceptors (Lipinski definition) is 6. The Hall–Kier alpha value is -3.26. The van der Waals surface area contributed by atoms with Gasteiger partial charge in [0.05, 0.1) is 17.0 Å². The summed E-state index contributed by atoms with van der Waals surface area (Å²) in [5.41, 5.74) is 1.80. The summed E-state index contributed by atoms with van der Waals surface area (Å²) in [6, 6.07) is 18.4. The Bertz CT molecular complexity index is 1310. The van der Waals surface area contributed by atoms with Gasteiger partial charge in [-0.3, -0.25) is 14.5 Å². The lowest BCUT2D eigenvalue weighted by molar-refractivity contribution is -0.123. The summed E-state index contributed by atoms with van der Waals surface area (Å²) in [7, 11) is 0. The van der Waals surface area contributed by atoms with Gasteiger partial charge in [-0.05, 0) is 79.4 Å². The third-order valence-electron chi connectivity index (χ3n) is 5.02. The smallest absolute Gasteiger partial charge is 0.343 e. The van der Waals surface area contributed by atoms with Gasteiger partial charge in [0.2, 0.25) is 0 Å². The SMILES string of the molecule is Cc1ccc(OCCN2C(=O)S/C(=C\c3cc(Cl)ccc3OC(=O)c3ccc(Cl)cc3)C2=O)cc1. The molecule has 0 radical (unpaired) electrons. The predicted molar refractivity (Wildman–Crippen MR) is 137 cm³/mol. The fourth-order valence-electron chi connectivity index (χ4n) is 3.19. The minimum atomic E-state index is -0.597. The molecule has 0 bridgehead atoms. The van der Waals surface area contributed by atoms with Crippen LogP contribution in [0.4, 0.5) is 4.79 Å². The van der Waals surface area contributed by atoms with Crippen LogP contribution in [0.5, 0.6) is 11.5 Å². The summed E-state index contributed by atoms with van der Waals surface area (Å²) in [5, 5.41) is 0.470. The van der Waals surface area contributed by atoms with Crippen molar-refractivity contribution in [3.05, 3.63) is 98.4 Å². The molecule has 0 unspecified atom stereocenters. The standard InChI is InChI=1S/C26H19Cl2NO5S/c1-16-2-9-21(10-3-16)33-13-12-29-24(30)23(35-26(29)32)15-18-14-20(28)8-11-22(18)34-25(31)17-4-6-19(27)7-5-17/h2-11,14-15H,12-13H2,1H3/b23-15-. The molecule has 2 amide bonds. The minimum absolute atomic E-state index is 0.101. The van der Waals surface area contributed by atoms with Crippen molar-refractivity contribution in [2.75, 3.05) is 13.2 Å². The molecular weight excluding hydrogens is 509 g/mol. The molecule has 35 heavy (non-hydrogen) atoms. The summed E-state index contributed by atoms with van der Waals surface area (Å²) in [6.07, 6.45) is 1.49. The number of imide groups is 1. The molecule has 0 spiro atoms. The van der Waals surface area contributed by atoms with Crippen molar-refractivity contribution in [3.8, 4) is 11.5 Å². The number of ether oxygens (including phenoxy) is 2. The maximum Gasteiger partial charge on any atom is 0.343 e. The van der Waals surface area contributed by atoms with Gasteiger partial charge >= 0.3 is 5.97 Å². The number of nitrogens with zero attached hydrogens (tertiary/aromatic N) is 1. The summed E-state index contributed by atoms with van der Waals surface area (Å²) in [4.78, 5) is 39.2. The summed E-state index contributed by atoms with van der Waals surface area (Å²) < 4.78 is 11.2. The van der Waals surface area contributed by atoms with E-state index >= 15 is 0 Å². The molecule has 3 aromatic carbocycles. The van der Waals surface area contributed by atoms with Gasteiger partial charge in [-0.2, -0.15) is 0 Å². The first-order valence-electron chi connectivity index (χ1n) is 10.5. The first-order chi connectivity index (χ1) is 16.8. The Balaban J connectivity index is 1.47. The van der Waals surface area contributed by atoms with Gasteiger partial charge in [0.15, 0.2) is 0 Å². The average molecular weight is 528 g/mol. The number of carbonyl (C=O) groups excluding carboxylic acids is 3. The van der Waals surface area contributed by atoms with Crippen LogP contribution in [0.15, 0.2) is 71.6 Å². The third kappa shape index (κ3) is 6.25. The number of rotatable bonds is 7. The van der Waals surface area contributed by atoms with Crippen LogP contribution in [0, 0.1) is 6.92 Å². The van der Waals surface area contributed by atoms with Gasteiger partial charge in [-0.25, -0.2) is 4.79 Å². The Morgan fingerprint density at radius 2 is 1.66 bits per heavy atom. The average Bonchev–Trinajstić information content (AvgIpc) is 3.09. The Morgan fingerprint density at radius 3 is 2.37 bits per heavy atom. The highest BCUT2D eigenvalue weighted by molar-refractivity contribution is 8.18. The van der Waals surface area contributed by atoms with E-state index in [0.717, 1.165) is 22.2 Å². The highest BCUT2D eigenvalue weighted by atomic mass is 35.5. The molecule has 9 heteroatoms. The van der Waals surface area contributed by atoms with Crippen molar-refractivity contribution in [1.82, 2.24) is 4.90 Å². The van der Waals surface area contributed by atoms with E-state index < -0.39 is 17.1 Å². The Labute approximate surface area is 216 Å². The van der Waals surface area contributed by atoms with Gasteiger partial charge in [0.25, 0.3) is 11.1 Å². The van der Waals surface area contributed by atoms with Crippen LogP contribution in [0.3, 0.4) is 0 Å². The van der Waals surface area contributed by atoms with Crippen LogP contribution in [0.1, 0.15) is 21.5 Å². The second kappa shape index (κ2) is 11.0. The maximum atomic E-state index is 12.9. The summed E-state index contributed by atoms with van der Waals surface area (Å²) >= 11 is 12.8. The molecule has 1 saturated heterocycles. The molecule has 0 N–H and O–H groups in total. The Morgan fingerprint density at radius 1 is 0.971 bits per heavy atom. The first-order valence-corrected chi connectivity index (χ1v) is 12.1. The van der Waals surface area contributed by atoms with Gasteiger partial charge in [0.1, 0.15) is 18.1 Å². The zero-order chi connectivity index (χ0) is 24.9. The molecule has 1 aliphatic heterocycles. The van der Waals surface area contributed by atoms with Crippen LogP contribution in [-0.2, 0) is 4.79 Å². The van der Waals surface area contributed by atoms with E-state index in [9.17, 15) is 14.4 Å². The van der Waals surface area contributed by atoms with Crippen molar-refractivity contribution < 1.29 is 23.9 Å². The molecule has 1 heterocycles. The quantitative estimate of drug-likeness (QED) is 0.195. The topological polar surface area (TPSA) is 72.9 Å². The molecule has 3 aromatic rings. The van der Waals surface area contributed by atoms with Crippen LogP contribution in [-0.4, -0.2) is 35.2 Å². The summed E-state index contributed by atoms with van der Waals surface area (Å²) in [5.74, 6) is -0.199. The molecule has 0 aliphatic carbocycles. The largest absolute Gasteiger partial charge is 0.492 e. The lowest BCUT2D eigenvalue weighted by Gasteiger charge is -2.13. The normalized spacial score (nSPS) is 14.5. The van der Waals surface area contributed by atoms with E-state index in [2.05, 4.69) is 0 Å². The predicted octanol–water partition coefficient (Wildman–Crippen LogP) is 6.64. The van der Waals surface area contributed by atoms with Gasteiger partial charge < -0.3 is 9.47 Å². The molecule has 0 aromatic heterocycles. The van der Waals surface area contributed by atoms with Crippen molar-refractivity contribution >= 4 is 58.2 Å². The number of benzene rings is 3. The first kappa shape index (κ1) is 24.9. The molecule has 1 aliphatic rings. The number of amides is 2.